The molecule has 0 bridgehead atoms. The van der Waals surface area contributed by atoms with Crippen LogP contribution in [-0.4, -0.2) is 18.8 Å². The molecule has 1 fully saturated rings. The molecule has 3 heteroatoms. The first-order chi connectivity index (χ1) is 7.20. The molecule has 0 heterocycles. The number of hydrogen-bond donors (Lipinski definition) is 2. The summed E-state index contributed by atoms with van der Waals surface area (Å²) in [7, 11) is 1.83. The lowest BCUT2D eigenvalue weighted by Crippen LogP contribution is -2.56. The molecule has 0 spiro atoms. The summed E-state index contributed by atoms with van der Waals surface area (Å²) in [6.45, 7) is 4.49. The molecule has 0 aromatic rings. The van der Waals surface area contributed by atoms with Crippen molar-refractivity contribution in [2.75, 3.05) is 7.11 Å². The lowest BCUT2D eigenvalue weighted by Gasteiger charge is -2.39. The molecule has 0 aromatic carbocycles. The summed E-state index contributed by atoms with van der Waals surface area (Å²) in [6.07, 6.45) is 7.24. The molecule has 2 unspecified atom stereocenters. The monoisotopic (exact) mass is 214 g/mol. The zero-order valence-corrected chi connectivity index (χ0v) is 10.4. The van der Waals surface area contributed by atoms with Crippen LogP contribution < -0.4 is 11.3 Å². The molecule has 90 valence electrons. The summed E-state index contributed by atoms with van der Waals surface area (Å²) in [5.41, 5.74) is 2.98. The molecule has 0 aliphatic heterocycles. The summed E-state index contributed by atoms with van der Waals surface area (Å²) < 4.78 is 5.78. The summed E-state index contributed by atoms with van der Waals surface area (Å²) >= 11 is 0. The van der Waals surface area contributed by atoms with E-state index in [1.165, 1.54) is 25.7 Å². The molecule has 15 heavy (non-hydrogen) atoms. The molecule has 1 rings (SSSR count). The Balaban J connectivity index is 2.69. The number of methoxy groups -OCH3 is 1. The van der Waals surface area contributed by atoms with Crippen molar-refractivity contribution in [3.05, 3.63) is 0 Å². The zero-order chi connectivity index (χ0) is 11.3. The molecule has 0 radical (unpaired) electrons. The van der Waals surface area contributed by atoms with Crippen LogP contribution in [0.1, 0.15) is 52.4 Å². The topological polar surface area (TPSA) is 47.3 Å². The fourth-order valence-electron chi connectivity index (χ4n) is 3.07. The van der Waals surface area contributed by atoms with Crippen LogP contribution in [0.25, 0.3) is 0 Å². The van der Waals surface area contributed by atoms with Crippen LogP contribution >= 0.6 is 0 Å². The molecule has 1 aliphatic carbocycles. The lowest BCUT2D eigenvalue weighted by molar-refractivity contribution is -0.0509. The fraction of sp³-hybridized carbons (Fsp3) is 1.00. The summed E-state index contributed by atoms with van der Waals surface area (Å²) in [6, 6.07) is 0.296. The second-order valence-corrected chi connectivity index (χ2v) is 4.89. The van der Waals surface area contributed by atoms with Crippen LogP contribution in [0.5, 0.6) is 0 Å². The number of nitrogens with two attached hydrogens (primary N) is 1. The van der Waals surface area contributed by atoms with Gasteiger partial charge in [-0.2, -0.15) is 0 Å². The van der Waals surface area contributed by atoms with Gasteiger partial charge in [0.1, 0.15) is 0 Å². The predicted octanol–water partition coefficient (Wildman–Crippen LogP) is 2.21. The van der Waals surface area contributed by atoms with Gasteiger partial charge in [0.2, 0.25) is 0 Å². The number of rotatable bonds is 6. The van der Waals surface area contributed by atoms with Gasteiger partial charge in [0, 0.05) is 7.11 Å². The SMILES string of the molecule is CCCC(C)C(NN)C1(OC)CCCC1. The van der Waals surface area contributed by atoms with Gasteiger partial charge in [0.05, 0.1) is 11.6 Å². The highest BCUT2D eigenvalue weighted by molar-refractivity contribution is 4.98. The minimum Gasteiger partial charge on any atom is -0.377 e. The average Bonchev–Trinajstić information content (AvgIpc) is 2.69. The summed E-state index contributed by atoms with van der Waals surface area (Å²) in [4.78, 5) is 0. The highest BCUT2D eigenvalue weighted by Gasteiger charge is 2.43. The maximum absolute atomic E-state index is 5.78. The quantitative estimate of drug-likeness (QED) is 0.526. The lowest BCUT2D eigenvalue weighted by atomic mass is 9.82. The predicted molar refractivity (Wildman–Crippen MR) is 63.4 cm³/mol. The standard InChI is InChI=1S/C12H26N2O/c1-4-7-10(2)11(14-13)12(15-3)8-5-6-9-12/h10-11,14H,4-9,13H2,1-3H3. The van der Waals surface area contributed by atoms with E-state index >= 15 is 0 Å². The Morgan fingerprint density at radius 1 is 1.40 bits per heavy atom. The minimum absolute atomic E-state index is 0.0106. The molecule has 0 saturated heterocycles. The normalized spacial score (nSPS) is 24.0. The van der Waals surface area contributed by atoms with E-state index in [1.807, 2.05) is 7.11 Å². The van der Waals surface area contributed by atoms with Crippen LogP contribution in [0.15, 0.2) is 0 Å². The number of hydrazine groups is 1. The van der Waals surface area contributed by atoms with Gasteiger partial charge >= 0.3 is 0 Å². The van der Waals surface area contributed by atoms with E-state index in [0.29, 0.717) is 12.0 Å². The Kier molecular flexibility index (Phi) is 5.03. The summed E-state index contributed by atoms with van der Waals surface area (Å²) in [5, 5.41) is 0. The van der Waals surface area contributed by atoms with Crippen molar-refractivity contribution in [3.63, 3.8) is 0 Å². The third-order valence-corrected chi connectivity index (χ3v) is 3.92. The maximum atomic E-state index is 5.78. The zero-order valence-electron chi connectivity index (χ0n) is 10.4. The molecule has 3 nitrogen and oxygen atoms in total. The average molecular weight is 214 g/mol. The molecular weight excluding hydrogens is 188 g/mol. The van der Waals surface area contributed by atoms with Crippen LogP contribution in [0.4, 0.5) is 0 Å². The number of nitrogens with one attached hydrogen (secondary N) is 1. The number of hydrogen-bond acceptors (Lipinski definition) is 3. The highest BCUT2D eigenvalue weighted by atomic mass is 16.5. The van der Waals surface area contributed by atoms with Crippen molar-refractivity contribution < 1.29 is 4.74 Å². The Hall–Kier alpha value is -0.120. The molecule has 1 saturated carbocycles. The Labute approximate surface area is 93.7 Å². The van der Waals surface area contributed by atoms with E-state index in [1.54, 1.807) is 0 Å². The molecule has 3 N–H and O–H groups in total. The van der Waals surface area contributed by atoms with E-state index in [9.17, 15) is 0 Å². The smallest absolute Gasteiger partial charge is 0.0847 e. The van der Waals surface area contributed by atoms with E-state index in [2.05, 4.69) is 19.3 Å². The van der Waals surface area contributed by atoms with Crippen molar-refractivity contribution in [2.45, 2.75) is 64.0 Å². The van der Waals surface area contributed by atoms with Crippen molar-refractivity contribution in [1.82, 2.24) is 5.43 Å². The molecule has 1 aliphatic rings. The van der Waals surface area contributed by atoms with Crippen molar-refractivity contribution in [3.8, 4) is 0 Å². The Morgan fingerprint density at radius 3 is 2.40 bits per heavy atom. The maximum Gasteiger partial charge on any atom is 0.0847 e. The first-order valence-electron chi connectivity index (χ1n) is 6.21. The molecule has 0 amide bonds. The van der Waals surface area contributed by atoms with Gasteiger partial charge in [-0.15, -0.1) is 0 Å². The summed E-state index contributed by atoms with van der Waals surface area (Å²) in [5.74, 6) is 6.30. The van der Waals surface area contributed by atoms with E-state index in [0.717, 1.165) is 12.8 Å². The largest absolute Gasteiger partial charge is 0.377 e. The van der Waals surface area contributed by atoms with Crippen LogP contribution in [0.3, 0.4) is 0 Å². The van der Waals surface area contributed by atoms with E-state index in [-0.39, 0.29) is 5.60 Å². The van der Waals surface area contributed by atoms with Gasteiger partial charge in [-0.1, -0.05) is 33.1 Å². The third-order valence-electron chi connectivity index (χ3n) is 3.92. The van der Waals surface area contributed by atoms with Gasteiger partial charge in [0.25, 0.3) is 0 Å². The van der Waals surface area contributed by atoms with E-state index < -0.39 is 0 Å². The van der Waals surface area contributed by atoms with Crippen molar-refractivity contribution in [2.24, 2.45) is 11.8 Å². The number of ether oxygens (including phenoxy) is 1. The van der Waals surface area contributed by atoms with E-state index in [4.69, 9.17) is 10.6 Å². The molecule has 2 atom stereocenters. The first-order valence-corrected chi connectivity index (χ1v) is 6.21. The van der Waals surface area contributed by atoms with Crippen molar-refractivity contribution >= 4 is 0 Å². The van der Waals surface area contributed by atoms with Gasteiger partial charge in [-0.25, -0.2) is 0 Å². The van der Waals surface area contributed by atoms with Gasteiger partial charge in [0.15, 0.2) is 0 Å². The third kappa shape index (κ3) is 2.71. The van der Waals surface area contributed by atoms with Crippen LogP contribution in [0, 0.1) is 5.92 Å². The Morgan fingerprint density at radius 2 is 2.00 bits per heavy atom. The van der Waals surface area contributed by atoms with Gasteiger partial charge in [-0.05, 0) is 25.2 Å². The second-order valence-electron chi connectivity index (χ2n) is 4.89. The van der Waals surface area contributed by atoms with Crippen LogP contribution in [0.2, 0.25) is 0 Å². The molecular formula is C12H26N2O. The van der Waals surface area contributed by atoms with Crippen molar-refractivity contribution in [1.29, 1.82) is 0 Å². The van der Waals surface area contributed by atoms with Gasteiger partial charge < -0.3 is 4.74 Å². The second kappa shape index (κ2) is 5.83. The fourth-order valence-corrected chi connectivity index (χ4v) is 3.07. The first kappa shape index (κ1) is 12.9. The minimum atomic E-state index is -0.0106. The highest BCUT2D eigenvalue weighted by Crippen LogP contribution is 2.38. The molecule has 0 aromatic heterocycles. The van der Waals surface area contributed by atoms with Crippen LogP contribution in [-0.2, 0) is 4.74 Å². The van der Waals surface area contributed by atoms with Gasteiger partial charge in [-0.3, -0.25) is 11.3 Å². The Bertz CT molecular complexity index is 178.